The van der Waals surface area contributed by atoms with Gasteiger partial charge in [0.05, 0.1) is 5.60 Å². The van der Waals surface area contributed by atoms with E-state index in [1.807, 2.05) is 6.08 Å². The summed E-state index contributed by atoms with van der Waals surface area (Å²) >= 11 is 0. The molecule has 0 amide bonds. The van der Waals surface area contributed by atoms with E-state index in [0.29, 0.717) is 18.4 Å². The zero-order valence-electron chi connectivity index (χ0n) is 8.95. The zero-order valence-corrected chi connectivity index (χ0v) is 8.95. The summed E-state index contributed by atoms with van der Waals surface area (Å²) in [6.07, 6.45) is 3.40. The monoisotopic (exact) mass is 183 g/mol. The standard InChI is InChI=1S/C11H21NO/c1-5-6-11(13)7-10(3)12(4)8-9(11)2/h5,9-10,13H,1,6-8H2,2-4H3/t9-,10+,11-/m1/s1. The van der Waals surface area contributed by atoms with Crippen LogP contribution in [0.3, 0.4) is 0 Å². The minimum Gasteiger partial charge on any atom is -0.389 e. The molecule has 3 atom stereocenters. The summed E-state index contributed by atoms with van der Waals surface area (Å²) in [7, 11) is 2.12. The molecule has 1 N–H and O–H groups in total. The maximum atomic E-state index is 10.3. The van der Waals surface area contributed by atoms with E-state index < -0.39 is 5.60 Å². The summed E-state index contributed by atoms with van der Waals surface area (Å²) in [5.41, 5.74) is -0.520. The first-order valence-corrected chi connectivity index (χ1v) is 5.03. The fraction of sp³-hybridized carbons (Fsp3) is 0.818. The van der Waals surface area contributed by atoms with Crippen LogP contribution in [0.5, 0.6) is 0 Å². The lowest BCUT2D eigenvalue weighted by Crippen LogP contribution is -2.53. The molecule has 0 aromatic carbocycles. The third-order valence-corrected chi connectivity index (χ3v) is 3.38. The Morgan fingerprint density at radius 3 is 2.77 bits per heavy atom. The van der Waals surface area contributed by atoms with Crippen molar-refractivity contribution in [3.63, 3.8) is 0 Å². The summed E-state index contributed by atoms with van der Waals surface area (Å²) in [6.45, 7) is 8.97. The SMILES string of the molecule is C=CC[C@@]1(O)C[C@H](C)N(C)C[C@H]1C. The van der Waals surface area contributed by atoms with Crippen LogP contribution in [0.1, 0.15) is 26.7 Å². The second kappa shape index (κ2) is 3.81. The van der Waals surface area contributed by atoms with Crippen LogP contribution < -0.4 is 0 Å². The summed E-state index contributed by atoms with van der Waals surface area (Å²) in [5, 5.41) is 10.3. The molecule has 1 saturated heterocycles. The van der Waals surface area contributed by atoms with Crippen LogP contribution in [0.25, 0.3) is 0 Å². The molecule has 0 spiro atoms. The molecule has 0 saturated carbocycles. The molecular weight excluding hydrogens is 162 g/mol. The van der Waals surface area contributed by atoms with Crippen molar-refractivity contribution in [2.45, 2.75) is 38.3 Å². The molecule has 1 rings (SSSR count). The van der Waals surface area contributed by atoms with Gasteiger partial charge in [-0.05, 0) is 32.7 Å². The number of hydrogen-bond donors (Lipinski definition) is 1. The molecule has 0 aromatic rings. The van der Waals surface area contributed by atoms with E-state index in [1.54, 1.807) is 0 Å². The lowest BCUT2D eigenvalue weighted by molar-refractivity contribution is -0.0759. The molecule has 0 aliphatic carbocycles. The Bertz CT molecular complexity index is 193. The van der Waals surface area contributed by atoms with Gasteiger partial charge in [0.1, 0.15) is 0 Å². The van der Waals surface area contributed by atoms with Gasteiger partial charge in [0, 0.05) is 12.6 Å². The van der Waals surface area contributed by atoms with E-state index in [0.717, 1.165) is 13.0 Å². The molecule has 1 aliphatic heterocycles. The first-order chi connectivity index (χ1) is 5.99. The van der Waals surface area contributed by atoms with Crippen LogP contribution in [-0.4, -0.2) is 35.2 Å². The fourth-order valence-electron chi connectivity index (χ4n) is 2.18. The van der Waals surface area contributed by atoms with Gasteiger partial charge in [0.2, 0.25) is 0 Å². The van der Waals surface area contributed by atoms with Gasteiger partial charge in [-0.2, -0.15) is 0 Å². The van der Waals surface area contributed by atoms with Crippen molar-refractivity contribution in [2.75, 3.05) is 13.6 Å². The summed E-state index contributed by atoms with van der Waals surface area (Å²) in [4.78, 5) is 2.31. The lowest BCUT2D eigenvalue weighted by Gasteiger charge is -2.45. The van der Waals surface area contributed by atoms with Crippen molar-refractivity contribution in [1.82, 2.24) is 4.90 Å². The van der Waals surface area contributed by atoms with E-state index >= 15 is 0 Å². The van der Waals surface area contributed by atoms with Crippen LogP contribution >= 0.6 is 0 Å². The number of aliphatic hydroxyl groups is 1. The molecule has 2 heteroatoms. The van der Waals surface area contributed by atoms with Gasteiger partial charge >= 0.3 is 0 Å². The van der Waals surface area contributed by atoms with Crippen LogP contribution in [0.2, 0.25) is 0 Å². The number of piperidine rings is 1. The van der Waals surface area contributed by atoms with Gasteiger partial charge in [0.15, 0.2) is 0 Å². The minimum absolute atomic E-state index is 0.340. The van der Waals surface area contributed by atoms with Crippen LogP contribution in [-0.2, 0) is 0 Å². The molecular formula is C11H21NO. The zero-order chi connectivity index (χ0) is 10.1. The number of rotatable bonds is 2. The third kappa shape index (κ3) is 2.12. The molecule has 1 heterocycles. The summed E-state index contributed by atoms with van der Waals surface area (Å²) < 4.78 is 0. The molecule has 2 nitrogen and oxygen atoms in total. The second-order valence-electron chi connectivity index (χ2n) is 4.49. The van der Waals surface area contributed by atoms with E-state index in [1.165, 1.54) is 0 Å². The van der Waals surface area contributed by atoms with E-state index in [4.69, 9.17) is 0 Å². The predicted octanol–water partition coefficient (Wildman–Crippen LogP) is 1.65. The smallest absolute Gasteiger partial charge is 0.0734 e. The van der Waals surface area contributed by atoms with Crippen molar-refractivity contribution in [3.8, 4) is 0 Å². The normalized spacial score (nSPS) is 41.8. The Kier molecular flexibility index (Phi) is 3.14. The van der Waals surface area contributed by atoms with Gasteiger partial charge in [-0.1, -0.05) is 13.0 Å². The number of hydrogen-bond acceptors (Lipinski definition) is 2. The number of likely N-dealkylation sites (tertiary alicyclic amines) is 1. The van der Waals surface area contributed by atoms with Gasteiger partial charge in [-0.25, -0.2) is 0 Å². The van der Waals surface area contributed by atoms with E-state index in [-0.39, 0.29) is 0 Å². The van der Waals surface area contributed by atoms with Gasteiger partial charge in [-0.15, -0.1) is 6.58 Å². The largest absolute Gasteiger partial charge is 0.389 e. The molecule has 0 bridgehead atoms. The Balaban J connectivity index is 2.69. The average molecular weight is 183 g/mol. The molecule has 76 valence electrons. The molecule has 1 fully saturated rings. The van der Waals surface area contributed by atoms with Crippen LogP contribution in [0, 0.1) is 5.92 Å². The van der Waals surface area contributed by atoms with E-state index in [2.05, 4.69) is 32.4 Å². The highest BCUT2D eigenvalue weighted by Gasteiger charge is 2.39. The second-order valence-corrected chi connectivity index (χ2v) is 4.49. The molecule has 13 heavy (non-hydrogen) atoms. The first kappa shape index (κ1) is 10.7. The maximum Gasteiger partial charge on any atom is 0.0734 e. The molecule has 1 aliphatic rings. The Hall–Kier alpha value is -0.340. The summed E-state index contributed by atoms with van der Waals surface area (Å²) in [5.74, 6) is 0.340. The van der Waals surface area contributed by atoms with Crippen molar-refractivity contribution < 1.29 is 5.11 Å². The molecule has 0 radical (unpaired) electrons. The average Bonchev–Trinajstić information content (AvgIpc) is 2.02. The highest BCUT2D eigenvalue weighted by atomic mass is 16.3. The van der Waals surface area contributed by atoms with Gasteiger partial charge < -0.3 is 10.0 Å². The molecule has 0 unspecified atom stereocenters. The first-order valence-electron chi connectivity index (χ1n) is 5.03. The third-order valence-electron chi connectivity index (χ3n) is 3.38. The predicted molar refractivity (Wildman–Crippen MR) is 55.6 cm³/mol. The maximum absolute atomic E-state index is 10.3. The minimum atomic E-state index is -0.520. The van der Waals surface area contributed by atoms with Gasteiger partial charge in [0.25, 0.3) is 0 Å². The van der Waals surface area contributed by atoms with Crippen molar-refractivity contribution in [3.05, 3.63) is 12.7 Å². The highest BCUT2D eigenvalue weighted by Crippen LogP contribution is 2.33. The lowest BCUT2D eigenvalue weighted by atomic mass is 9.77. The highest BCUT2D eigenvalue weighted by molar-refractivity contribution is 4.97. The van der Waals surface area contributed by atoms with Crippen LogP contribution in [0.15, 0.2) is 12.7 Å². The fourth-order valence-corrected chi connectivity index (χ4v) is 2.18. The van der Waals surface area contributed by atoms with E-state index in [9.17, 15) is 5.11 Å². The Morgan fingerprint density at radius 2 is 2.23 bits per heavy atom. The molecule has 0 aromatic heterocycles. The van der Waals surface area contributed by atoms with Crippen LogP contribution in [0.4, 0.5) is 0 Å². The van der Waals surface area contributed by atoms with Gasteiger partial charge in [-0.3, -0.25) is 0 Å². The topological polar surface area (TPSA) is 23.5 Å². The number of nitrogens with zero attached hydrogens (tertiary/aromatic N) is 1. The Labute approximate surface area is 81.2 Å². The quantitative estimate of drug-likeness (QED) is 0.658. The van der Waals surface area contributed by atoms with Crippen molar-refractivity contribution in [1.29, 1.82) is 0 Å². The Morgan fingerprint density at radius 1 is 1.62 bits per heavy atom. The van der Waals surface area contributed by atoms with Crippen molar-refractivity contribution in [2.24, 2.45) is 5.92 Å². The summed E-state index contributed by atoms with van der Waals surface area (Å²) in [6, 6.07) is 0.473. The van der Waals surface area contributed by atoms with Crippen molar-refractivity contribution >= 4 is 0 Å².